The molecule has 4 rings (SSSR count). The molecule has 0 fully saturated rings. The summed E-state index contributed by atoms with van der Waals surface area (Å²) in [6, 6.07) is 2.56. The number of hydrazine groups is 1. The zero-order valence-electron chi connectivity index (χ0n) is 18.1. The molecule has 8 nitrogen and oxygen atoms in total. The molecule has 1 aliphatic carbocycles. The van der Waals surface area contributed by atoms with E-state index in [1.165, 1.54) is 29.3 Å². The molecular formula is C23H19F4N3O5. The molecule has 0 radical (unpaired) electrons. The Balaban J connectivity index is 1.79. The molecule has 184 valence electrons. The second-order valence-corrected chi connectivity index (χ2v) is 8.19. The van der Waals surface area contributed by atoms with Crippen LogP contribution in [-0.2, 0) is 20.9 Å². The Bertz CT molecular complexity index is 1220. The number of carboxylic acids is 1. The molecule has 0 saturated heterocycles. The number of fused-ring (bicyclic) bond motifs is 3. The van der Waals surface area contributed by atoms with Crippen LogP contribution in [0.1, 0.15) is 12.5 Å². The van der Waals surface area contributed by atoms with E-state index in [0.29, 0.717) is 5.56 Å². The Labute approximate surface area is 196 Å². The molecule has 0 aromatic heterocycles. The van der Waals surface area contributed by atoms with Crippen LogP contribution in [0.15, 0.2) is 71.2 Å². The van der Waals surface area contributed by atoms with Gasteiger partial charge >= 0.3 is 12.1 Å². The van der Waals surface area contributed by atoms with Crippen LogP contribution in [0.5, 0.6) is 0 Å². The first kappa shape index (κ1) is 24.0. The normalized spacial score (nSPS) is 22.4. The number of rotatable bonds is 5. The quantitative estimate of drug-likeness (QED) is 0.430. The van der Waals surface area contributed by atoms with Crippen molar-refractivity contribution < 1.29 is 42.2 Å². The summed E-state index contributed by atoms with van der Waals surface area (Å²) in [6.45, 7) is 0.891. The number of carbonyl (C=O) groups excluding carboxylic acids is 2. The highest BCUT2D eigenvalue weighted by molar-refractivity contribution is 6.20. The second-order valence-electron chi connectivity index (χ2n) is 8.19. The van der Waals surface area contributed by atoms with Crippen molar-refractivity contribution in [1.29, 1.82) is 0 Å². The highest BCUT2D eigenvalue weighted by atomic mass is 19.4. The largest absolute Gasteiger partial charge is 0.505 e. The summed E-state index contributed by atoms with van der Waals surface area (Å²) in [4.78, 5) is 37.3. The first-order chi connectivity index (χ1) is 16.4. The smallest absolute Gasteiger partial charge is 0.416 e. The van der Waals surface area contributed by atoms with Gasteiger partial charge in [-0.25, -0.2) is 9.40 Å². The Kier molecular flexibility index (Phi) is 5.91. The Morgan fingerprint density at radius 1 is 1.17 bits per heavy atom. The number of carbonyl (C=O) groups is 3. The van der Waals surface area contributed by atoms with Gasteiger partial charge in [-0.15, -0.1) is 0 Å². The average Bonchev–Trinajstić information content (AvgIpc) is 3.16. The lowest BCUT2D eigenvalue weighted by Crippen LogP contribution is -2.55. The fourth-order valence-corrected chi connectivity index (χ4v) is 4.06. The number of nitrogens with one attached hydrogen (secondary N) is 1. The van der Waals surface area contributed by atoms with Crippen molar-refractivity contribution >= 4 is 17.8 Å². The van der Waals surface area contributed by atoms with E-state index in [2.05, 4.69) is 5.32 Å². The van der Waals surface area contributed by atoms with Crippen molar-refractivity contribution in [2.45, 2.75) is 31.7 Å². The molecule has 0 bridgehead atoms. The third-order valence-corrected chi connectivity index (χ3v) is 5.83. The summed E-state index contributed by atoms with van der Waals surface area (Å²) in [5.41, 5.74) is -1.39. The zero-order valence-corrected chi connectivity index (χ0v) is 18.1. The van der Waals surface area contributed by atoms with Crippen molar-refractivity contribution in [2.24, 2.45) is 5.92 Å². The van der Waals surface area contributed by atoms with Crippen LogP contribution in [0.3, 0.4) is 0 Å². The number of halogens is 4. The number of allylic oxidation sites excluding steroid dienone is 2. The summed E-state index contributed by atoms with van der Waals surface area (Å²) in [6.07, 6.45) is -0.144. The number of amides is 2. The molecule has 0 saturated carbocycles. The lowest BCUT2D eigenvalue weighted by atomic mass is 9.93. The number of aliphatic hydroxyl groups is 1. The topological polar surface area (TPSA) is 110 Å². The van der Waals surface area contributed by atoms with Crippen molar-refractivity contribution in [3.63, 3.8) is 0 Å². The van der Waals surface area contributed by atoms with Crippen LogP contribution in [0.4, 0.5) is 17.6 Å². The molecule has 3 aliphatic rings. The van der Waals surface area contributed by atoms with Gasteiger partial charge in [0.05, 0.1) is 23.9 Å². The lowest BCUT2D eigenvalue weighted by molar-refractivity contribution is -0.149. The Morgan fingerprint density at radius 2 is 1.83 bits per heavy atom. The summed E-state index contributed by atoms with van der Waals surface area (Å²) >= 11 is 0. The maximum atomic E-state index is 13.4. The minimum absolute atomic E-state index is 0.0841. The molecule has 3 N–H and O–H groups in total. The van der Waals surface area contributed by atoms with Gasteiger partial charge in [-0.3, -0.25) is 19.4 Å². The maximum Gasteiger partial charge on any atom is 0.416 e. The summed E-state index contributed by atoms with van der Waals surface area (Å²) in [5.74, 6) is -5.60. The molecule has 2 heterocycles. The third kappa shape index (κ3) is 4.38. The summed E-state index contributed by atoms with van der Waals surface area (Å²) in [5, 5.41) is 24.1. The van der Waals surface area contributed by atoms with Gasteiger partial charge in [-0.2, -0.15) is 13.2 Å². The van der Waals surface area contributed by atoms with Crippen molar-refractivity contribution in [2.75, 3.05) is 0 Å². The maximum absolute atomic E-state index is 13.4. The summed E-state index contributed by atoms with van der Waals surface area (Å²) < 4.78 is 53.5. The number of hydrogen-bond acceptors (Lipinski definition) is 5. The minimum atomic E-state index is -4.65. The molecule has 2 aliphatic heterocycles. The Hall–Kier alpha value is -4.09. The van der Waals surface area contributed by atoms with Crippen LogP contribution in [-0.4, -0.2) is 56.3 Å². The van der Waals surface area contributed by atoms with Crippen LogP contribution in [0.25, 0.3) is 0 Å². The molecule has 0 spiro atoms. The molecule has 2 unspecified atom stereocenters. The highest BCUT2D eigenvalue weighted by Crippen LogP contribution is 2.43. The first-order valence-corrected chi connectivity index (χ1v) is 10.4. The van der Waals surface area contributed by atoms with E-state index in [1.807, 2.05) is 0 Å². The summed E-state index contributed by atoms with van der Waals surface area (Å²) in [7, 11) is 0. The standard InChI is InChI=1S/C23H19F4N3O5/c1-11(22(34)35)28-20(32)18-19(31)17-8-13-4-5-14(23(25,26)27)9-16(13)30(17)29(21(18)33)10-12-2-6-15(24)7-3-12/h2-9,11,13,16,31H,10H2,1H3,(H,28,32)(H,34,35)/t11-,13?,16?/m0/s1. The second kappa shape index (κ2) is 8.60. The van der Waals surface area contributed by atoms with Gasteiger partial charge in [0.2, 0.25) is 0 Å². The van der Waals surface area contributed by atoms with Crippen molar-refractivity contribution in [1.82, 2.24) is 15.3 Å². The fraction of sp³-hybridized carbons (Fsp3) is 0.261. The Morgan fingerprint density at radius 3 is 2.43 bits per heavy atom. The van der Waals surface area contributed by atoms with Gasteiger partial charge < -0.3 is 15.5 Å². The van der Waals surface area contributed by atoms with E-state index in [9.17, 15) is 37.1 Å². The van der Waals surface area contributed by atoms with Crippen LogP contribution in [0.2, 0.25) is 0 Å². The molecule has 1 aromatic rings. The monoisotopic (exact) mass is 493 g/mol. The van der Waals surface area contributed by atoms with Crippen LogP contribution in [0, 0.1) is 11.7 Å². The van der Waals surface area contributed by atoms with E-state index in [-0.39, 0.29) is 12.2 Å². The molecule has 2 amide bonds. The van der Waals surface area contributed by atoms with E-state index < -0.39 is 64.7 Å². The molecule has 1 aromatic carbocycles. The van der Waals surface area contributed by atoms with Gasteiger partial charge in [-0.05, 0) is 36.8 Å². The van der Waals surface area contributed by atoms with E-state index in [1.54, 1.807) is 0 Å². The van der Waals surface area contributed by atoms with Crippen molar-refractivity contribution in [3.05, 3.63) is 82.6 Å². The third-order valence-electron chi connectivity index (χ3n) is 5.83. The first-order valence-electron chi connectivity index (χ1n) is 10.4. The molecular weight excluding hydrogens is 474 g/mol. The number of aliphatic carboxylic acids is 1. The number of aliphatic hydroxyl groups excluding tert-OH is 1. The van der Waals surface area contributed by atoms with Gasteiger partial charge in [0.1, 0.15) is 17.4 Å². The van der Waals surface area contributed by atoms with Gasteiger partial charge in [0.15, 0.2) is 5.76 Å². The minimum Gasteiger partial charge on any atom is -0.505 e. The number of benzene rings is 1. The molecule has 3 atom stereocenters. The van der Waals surface area contributed by atoms with E-state index in [0.717, 1.165) is 36.2 Å². The number of hydrogen-bond donors (Lipinski definition) is 3. The SMILES string of the molecule is C[C@H](NC(=O)C1=C(O)C2=CC3C=CC(C(F)(F)F)=CC3N2N(Cc2ccc(F)cc2)C1=O)C(=O)O. The van der Waals surface area contributed by atoms with Gasteiger partial charge in [0.25, 0.3) is 11.8 Å². The number of carboxylic acid groups (broad SMARTS) is 1. The average molecular weight is 493 g/mol. The zero-order chi connectivity index (χ0) is 25.7. The molecule has 35 heavy (non-hydrogen) atoms. The van der Waals surface area contributed by atoms with Gasteiger partial charge in [0, 0.05) is 5.92 Å². The fourth-order valence-electron chi connectivity index (χ4n) is 4.06. The predicted molar refractivity (Wildman–Crippen MR) is 112 cm³/mol. The van der Waals surface area contributed by atoms with E-state index in [4.69, 9.17) is 5.11 Å². The number of nitrogens with zero attached hydrogens (tertiary/aromatic N) is 2. The molecule has 12 heteroatoms. The lowest BCUT2D eigenvalue weighted by Gasteiger charge is -2.43. The van der Waals surface area contributed by atoms with Gasteiger partial charge in [-0.1, -0.05) is 24.3 Å². The highest BCUT2D eigenvalue weighted by Gasteiger charge is 2.49. The number of alkyl halides is 3. The predicted octanol–water partition coefficient (Wildman–Crippen LogP) is 2.73. The van der Waals surface area contributed by atoms with Crippen LogP contribution >= 0.6 is 0 Å². The van der Waals surface area contributed by atoms with Crippen molar-refractivity contribution in [3.8, 4) is 0 Å². The van der Waals surface area contributed by atoms with E-state index >= 15 is 0 Å². The van der Waals surface area contributed by atoms with Crippen LogP contribution < -0.4 is 5.32 Å².